The van der Waals surface area contributed by atoms with Gasteiger partial charge in [0.2, 0.25) is 0 Å². The molecule has 0 fully saturated rings. The highest BCUT2D eigenvalue weighted by atomic mass is 14.7. The zero-order chi connectivity index (χ0) is 15.2. The van der Waals surface area contributed by atoms with Crippen LogP contribution >= 0.6 is 0 Å². The van der Waals surface area contributed by atoms with Gasteiger partial charge in [-0.05, 0) is 28.3 Å². The highest BCUT2D eigenvalue weighted by molar-refractivity contribution is 5.81. The molecule has 0 atom stereocenters. The van der Waals surface area contributed by atoms with Crippen molar-refractivity contribution in [2.75, 3.05) is 5.73 Å². The molecule has 0 unspecified atom stereocenters. The summed E-state index contributed by atoms with van der Waals surface area (Å²) < 4.78 is 0. The Morgan fingerprint density at radius 3 is 2.09 bits per heavy atom. The van der Waals surface area contributed by atoms with Crippen LogP contribution in [0.1, 0.15) is 11.1 Å². The fourth-order valence-corrected chi connectivity index (χ4v) is 2.32. The van der Waals surface area contributed by atoms with E-state index in [4.69, 9.17) is 5.73 Å². The molecular formula is C20H18N2. The van der Waals surface area contributed by atoms with Crippen molar-refractivity contribution in [3.63, 3.8) is 0 Å². The fraction of sp³-hybridized carbons (Fsp3) is 0.0500. The third-order valence-corrected chi connectivity index (χ3v) is 3.57. The van der Waals surface area contributed by atoms with Gasteiger partial charge in [-0.3, -0.25) is 4.99 Å². The number of nitrogens with two attached hydrogens (primary N) is 1. The van der Waals surface area contributed by atoms with Crippen LogP contribution < -0.4 is 5.73 Å². The highest BCUT2D eigenvalue weighted by Gasteiger charge is 1.97. The van der Waals surface area contributed by atoms with E-state index >= 15 is 0 Å². The third-order valence-electron chi connectivity index (χ3n) is 3.57. The lowest BCUT2D eigenvalue weighted by molar-refractivity contribution is 1.08. The second-order valence-corrected chi connectivity index (χ2v) is 5.16. The van der Waals surface area contributed by atoms with Gasteiger partial charge >= 0.3 is 0 Å². The maximum atomic E-state index is 5.91. The average Bonchev–Trinajstić information content (AvgIpc) is 2.58. The lowest BCUT2D eigenvalue weighted by atomic mass is 10.0. The molecule has 2 N–H and O–H groups in total. The average molecular weight is 286 g/mol. The van der Waals surface area contributed by atoms with Crippen molar-refractivity contribution in [3.8, 4) is 11.1 Å². The first kappa shape index (κ1) is 14.1. The van der Waals surface area contributed by atoms with Crippen LogP contribution in [0, 0.1) is 0 Å². The molecule has 2 nitrogen and oxygen atoms in total. The summed E-state index contributed by atoms with van der Waals surface area (Å²) in [5, 5.41) is 0. The van der Waals surface area contributed by atoms with Crippen molar-refractivity contribution in [3.05, 3.63) is 90.0 Å². The maximum Gasteiger partial charge on any atom is 0.0660 e. The first-order valence-electron chi connectivity index (χ1n) is 7.31. The Labute approximate surface area is 131 Å². The van der Waals surface area contributed by atoms with Crippen molar-refractivity contribution in [2.24, 2.45) is 4.99 Å². The number of rotatable bonds is 4. The summed E-state index contributed by atoms with van der Waals surface area (Å²) in [6.45, 7) is 0.604. The molecule has 0 aliphatic carbocycles. The molecule has 0 radical (unpaired) electrons. The number of hydrogen-bond acceptors (Lipinski definition) is 2. The number of nitrogens with zero attached hydrogens (tertiary/aromatic N) is 1. The summed E-state index contributed by atoms with van der Waals surface area (Å²) in [7, 11) is 0. The minimum absolute atomic E-state index is 0.604. The van der Waals surface area contributed by atoms with Crippen LogP contribution in [-0.4, -0.2) is 6.21 Å². The predicted octanol–water partition coefficient (Wildman–Crippen LogP) is 4.55. The van der Waals surface area contributed by atoms with Crippen LogP contribution in [0.4, 0.5) is 5.69 Å². The SMILES string of the molecule is Nc1ccccc1C/N=C/c1ccc(-c2ccccc2)cc1. The topological polar surface area (TPSA) is 38.4 Å². The van der Waals surface area contributed by atoms with E-state index in [0.717, 1.165) is 16.8 Å². The van der Waals surface area contributed by atoms with E-state index in [-0.39, 0.29) is 0 Å². The van der Waals surface area contributed by atoms with Gasteiger partial charge < -0.3 is 5.73 Å². The molecule has 108 valence electrons. The Kier molecular flexibility index (Phi) is 4.30. The Bertz CT molecular complexity index is 759. The van der Waals surface area contributed by atoms with E-state index in [0.29, 0.717) is 6.54 Å². The number of aliphatic imine (C=N–C) groups is 1. The van der Waals surface area contributed by atoms with Crippen LogP contribution in [0.2, 0.25) is 0 Å². The lowest BCUT2D eigenvalue weighted by Gasteiger charge is -2.02. The minimum atomic E-state index is 0.604. The quantitative estimate of drug-likeness (QED) is 0.554. The zero-order valence-electron chi connectivity index (χ0n) is 12.3. The number of benzene rings is 3. The van der Waals surface area contributed by atoms with Crippen LogP contribution in [-0.2, 0) is 6.54 Å². The standard InChI is InChI=1S/C20H18N2/c21-20-9-5-4-8-19(20)15-22-14-16-10-12-18(13-11-16)17-6-2-1-3-7-17/h1-14H,15,21H2/b22-14+. The summed E-state index contributed by atoms with van der Waals surface area (Å²) in [5.41, 5.74) is 11.3. The molecule has 0 heterocycles. The molecule has 0 saturated heterocycles. The number of hydrogen-bond donors (Lipinski definition) is 1. The zero-order valence-corrected chi connectivity index (χ0v) is 12.3. The molecule has 0 aromatic heterocycles. The first-order valence-corrected chi connectivity index (χ1v) is 7.31. The number of anilines is 1. The summed E-state index contributed by atoms with van der Waals surface area (Å²) in [6, 6.07) is 26.6. The van der Waals surface area contributed by atoms with E-state index < -0.39 is 0 Å². The molecule has 0 aliphatic heterocycles. The van der Waals surface area contributed by atoms with Gasteiger partial charge in [0, 0.05) is 11.9 Å². The molecule has 22 heavy (non-hydrogen) atoms. The number of nitrogen functional groups attached to an aromatic ring is 1. The molecule has 0 bridgehead atoms. The van der Waals surface area contributed by atoms with E-state index in [2.05, 4.69) is 53.5 Å². The number of para-hydroxylation sites is 1. The Morgan fingerprint density at radius 2 is 1.36 bits per heavy atom. The predicted molar refractivity (Wildman–Crippen MR) is 94.0 cm³/mol. The van der Waals surface area contributed by atoms with E-state index in [1.165, 1.54) is 11.1 Å². The molecular weight excluding hydrogens is 268 g/mol. The van der Waals surface area contributed by atoms with Crippen molar-refractivity contribution in [1.82, 2.24) is 0 Å². The smallest absolute Gasteiger partial charge is 0.0660 e. The van der Waals surface area contributed by atoms with Crippen LogP contribution in [0.5, 0.6) is 0 Å². The van der Waals surface area contributed by atoms with Gasteiger partial charge in [0.05, 0.1) is 6.54 Å². The second kappa shape index (κ2) is 6.72. The molecule has 3 aromatic rings. The molecule has 3 aromatic carbocycles. The van der Waals surface area contributed by atoms with E-state index in [9.17, 15) is 0 Å². The Morgan fingerprint density at radius 1 is 0.727 bits per heavy atom. The van der Waals surface area contributed by atoms with Crippen LogP contribution in [0.25, 0.3) is 11.1 Å². The van der Waals surface area contributed by atoms with Crippen LogP contribution in [0.3, 0.4) is 0 Å². The van der Waals surface area contributed by atoms with E-state index in [1.54, 1.807) is 0 Å². The summed E-state index contributed by atoms with van der Waals surface area (Å²) in [4.78, 5) is 4.47. The molecule has 2 heteroatoms. The summed E-state index contributed by atoms with van der Waals surface area (Å²) >= 11 is 0. The first-order chi connectivity index (χ1) is 10.8. The Balaban J connectivity index is 1.69. The minimum Gasteiger partial charge on any atom is -0.398 e. The van der Waals surface area contributed by atoms with Crippen LogP contribution in [0.15, 0.2) is 83.9 Å². The summed E-state index contributed by atoms with van der Waals surface area (Å²) in [6.07, 6.45) is 1.89. The summed E-state index contributed by atoms with van der Waals surface area (Å²) in [5.74, 6) is 0. The molecule has 0 amide bonds. The van der Waals surface area contributed by atoms with Gasteiger partial charge in [-0.15, -0.1) is 0 Å². The van der Waals surface area contributed by atoms with Crippen molar-refractivity contribution in [2.45, 2.75) is 6.54 Å². The lowest BCUT2D eigenvalue weighted by Crippen LogP contribution is -1.92. The van der Waals surface area contributed by atoms with Crippen molar-refractivity contribution >= 4 is 11.9 Å². The van der Waals surface area contributed by atoms with Crippen molar-refractivity contribution < 1.29 is 0 Å². The molecule has 3 rings (SSSR count). The normalized spacial score (nSPS) is 10.9. The van der Waals surface area contributed by atoms with Gasteiger partial charge in [0.1, 0.15) is 0 Å². The van der Waals surface area contributed by atoms with Gasteiger partial charge in [-0.2, -0.15) is 0 Å². The Hall–Kier alpha value is -2.87. The van der Waals surface area contributed by atoms with Gasteiger partial charge in [-0.25, -0.2) is 0 Å². The highest BCUT2D eigenvalue weighted by Crippen LogP contribution is 2.18. The van der Waals surface area contributed by atoms with Gasteiger partial charge in [-0.1, -0.05) is 72.8 Å². The van der Waals surface area contributed by atoms with Crippen molar-refractivity contribution in [1.29, 1.82) is 0 Å². The fourth-order valence-electron chi connectivity index (χ4n) is 2.32. The largest absolute Gasteiger partial charge is 0.398 e. The molecule has 0 aliphatic rings. The monoisotopic (exact) mass is 286 g/mol. The van der Waals surface area contributed by atoms with E-state index in [1.807, 2.05) is 36.5 Å². The molecule has 0 spiro atoms. The molecule has 0 saturated carbocycles. The van der Waals surface area contributed by atoms with Gasteiger partial charge in [0.15, 0.2) is 0 Å². The second-order valence-electron chi connectivity index (χ2n) is 5.16. The maximum absolute atomic E-state index is 5.91. The third kappa shape index (κ3) is 3.41. The van der Waals surface area contributed by atoms with Gasteiger partial charge in [0.25, 0.3) is 0 Å².